The molecule has 1 amide bonds. The Labute approximate surface area is 164 Å². The highest BCUT2D eigenvalue weighted by Crippen LogP contribution is 2.29. The zero-order valence-corrected chi connectivity index (χ0v) is 16.5. The molecule has 0 bridgehead atoms. The molecule has 3 nitrogen and oxygen atoms in total. The van der Waals surface area contributed by atoms with Gasteiger partial charge in [0.1, 0.15) is 5.75 Å². The molecule has 0 radical (unpaired) electrons. The molecular weight excluding hydrogens is 354 g/mol. The fraction of sp³-hybridized carbons (Fsp3) is 0.435. The Morgan fingerprint density at radius 2 is 1.48 bits per heavy atom. The van der Waals surface area contributed by atoms with Crippen molar-refractivity contribution in [1.29, 1.82) is 0 Å². The van der Waals surface area contributed by atoms with Gasteiger partial charge in [-0.15, -0.1) is 0 Å². The zero-order valence-electron chi connectivity index (χ0n) is 15.7. The summed E-state index contributed by atoms with van der Waals surface area (Å²) in [6.07, 6.45) is 7.32. The largest absolute Gasteiger partial charge is 0.309 e. The fourth-order valence-electron chi connectivity index (χ4n) is 4.50. The Kier molecular flexibility index (Phi) is 5.72. The van der Waals surface area contributed by atoms with Gasteiger partial charge in [-0.25, -0.2) is 0 Å². The molecule has 1 saturated carbocycles. The Morgan fingerprint density at radius 3 is 2.11 bits per heavy atom. The van der Waals surface area contributed by atoms with Gasteiger partial charge in [-0.05, 0) is 48.9 Å². The van der Waals surface area contributed by atoms with Crippen molar-refractivity contribution in [3.05, 3.63) is 65.7 Å². The first kappa shape index (κ1) is 18.4. The number of carbonyl (C=O) groups is 1. The number of hydrogen-bond donors (Lipinski definition) is 0. The van der Waals surface area contributed by atoms with Crippen molar-refractivity contribution in [3.8, 4) is 0 Å². The number of para-hydroxylation sites is 1. The molecule has 1 fully saturated rings. The lowest BCUT2D eigenvalue weighted by molar-refractivity contribution is -0.116. The van der Waals surface area contributed by atoms with Crippen LogP contribution in [0.1, 0.15) is 43.2 Å². The molecule has 4 heteroatoms. The second kappa shape index (κ2) is 8.39. The number of fused-ring (bicyclic) bond motifs is 1. The Balaban J connectivity index is 1.48. The van der Waals surface area contributed by atoms with Crippen LogP contribution in [0.4, 0.5) is 5.69 Å². The van der Waals surface area contributed by atoms with Crippen molar-refractivity contribution in [2.75, 3.05) is 10.7 Å². The van der Waals surface area contributed by atoms with Crippen molar-refractivity contribution in [3.63, 3.8) is 0 Å². The minimum Gasteiger partial charge on any atom is -0.309 e. The van der Waals surface area contributed by atoms with Crippen LogP contribution in [0.15, 0.2) is 54.6 Å². The second-order valence-electron chi connectivity index (χ2n) is 7.72. The van der Waals surface area contributed by atoms with Crippen molar-refractivity contribution < 1.29 is 9.00 Å². The highest BCUT2D eigenvalue weighted by Gasteiger charge is 2.31. The predicted octanol–water partition coefficient (Wildman–Crippen LogP) is 4.27. The van der Waals surface area contributed by atoms with Crippen molar-refractivity contribution in [2.24, 2.45) is 0 Å². The third-order valence-electron chi connectivity index (χ3n) is 5.89. The maximum atomic E-state index is 13.2. The summed E-state index contributed by atoms with van der Waals surface area (Å²) in [6.45, 7) is 0. The van der Waals surface area contributed by atoms with E-state index in [0.29, 0.717) is 0 Å². The van der Waals surface area contributed by atoms with E-state index in [0.717, 1.165) is 31.4 Å². The smallest absolute Gasteiger partial charge is 0.239 e. The molecule has 1 unspecified atom stereocenters. The molecule has 2 aliphatic rings. The van der Waals surface area contributed by atoms with Crippen molar-refractivity contribution in [2.45, 2.75) is 56.2 Å². The quantitative estimate of drug-likeness (QED) is 0.776. The monoisotopic (exact) mass is 381 g/mol. The van der Waals surface area contributed by atoms with E-state index in [1.807, 2.05) is 47.4 Å². The first-order chi connectivity index (χ1) is 13.2. The molecule has 0 aliphatic heterocycles. The lowest BCUT2D eigenvalue weighted by Gasteiger charge is -2.34. The SMILES string of the molecule is O=C(CS(=O)C1Cc2ccccc2C1)N(c1ccccc1)C1CCCCC1. The first-order valence-corrected chi connectivity index (χ1v) is 11.4. The fourth-order valence-corrected chi connectivity index (χ4v) is 5.85. The summed E-state index contributed by atoms with van der Waals surface area (Å²) in [5, 5.41) is 0.0651. The normalized spacial score (nSPS) is 18.8. The van der Waals surface area contributed by atoms with Gasteiger partial charge in [0.05, 0.1) is 0 Å². The van der Waals surface area contributed by atoms with E-state index in [1.54, 1.807) is 0 Å². The number of rotatable bonds is 5. The van der Waals surface area contributed by atoms with Gasteiger partial charge in [0.15, 0.2) is 0 Å². The molecule has 0 aromatic heterocycles. The maximum absolute atomic E-state index is 13.2. The van der Waals surface area contributed by atoms with Gasteiger partial charge in [0.2, 0.25) is 5.91 Å². The Bertz CT molecular complexity index is 789. The van der Waals surface area contributed by atoms with E-state index >= 15 is 0 Å². The maximum Gasteiger partial charge on any atom is 0.239 e. The lowest BCUT2D eigenvalue weighted by Crippen LogP contribution is -2.44. The van der Waals surface area contributed by atoms with Crippen LogP contribution < -0.4 is 4.90 Å². The van der Waals surface area contributed by atoms with Gasteiger partial charge in [0.25, 0.3) is 0 Å². The summed E-state index contributed by atoms with van der Waals surface area (Å²) in [5.41, 5.74) is 3.52. The zero-order chi connectivity index (χ0) is 18.6. The lowest BCUT2D eigenvalue weighted by atomic mass is 9.93. The number of amides is 1. The van der Waals surface area contributed by atoms with Crippen LogP contribution in [0, 0.1) is 0 Å². The minimum absolute atomic E-state index is 0.0161. The van der Waals surface area contributed by atoms with Crippen LogP contribution >= 0.6 is 0 Å². The molecular formula is C23H27NO2S. The van der Waals surface area contributed by atoms with Crippen LogP contribution in [0.3, 0.4) is 0 Å². The van der Waals surface area contributed by atoms with E-state index in [2.05, 4.69) is 12.1 Å². The molecule has 0 N–H and O–H groups in total. The molecule has 2 aromatic carbocycles. The molecule has 2 aliphatic carbocycles. The van der Waals surface area contributed by atoms with E-state index in [9.17, 15) is 9.00 Å². The Hall–Kier alpha value is -1.94. The van der Waals surface area contributed by atoms with Crippen LogP contribution in [-0.4, -0.2) is 27.2 Å². The summed E-state index contributed by atoms with van der Waals surface area (Å²) in [4.78, 5) is 15.2. The summed E-state index contributed by atoms with van der Waals surface area (Å²) in [5.74, 6) is 0.145. The van der Waals surface area contributed by atoms with E-state index in [1.165, 1.54) is 30.4 Å². The van der Waals surface area contributed by atoms with Crippen LogP contribution in [0.5, 0.6) is 0 Å². The molecule has 0 spiro atoms. The predicted molar refractivity (Wildman–Crippen MR) is 111 cm³/mol. The summed E-state index contributed by atoms with van der Waals surface area (Å²) >= 11 is 0. The molecule has 2 aromatic rings. The molecule has 4 rings (SSSR count). The third-order valence-corrected chi connectivity index (χ3v) is 7.50. The summed E-state index contributed by atoms with van der Waals surface area (Å²) in [7, 11) is -1.14. The number of hydrogen-bond acceptors (Lipinski definition) is 2. The Morgan fingerprint density at radius 1 is 0.889 bits per heavy atom. The highest BCUT2D eigenvalue weighted by molar-refractivity contribution is 7.86. The van der Waals surface area contributed by atoms with Gasteiger partial charge in [-0.1, -0.05) is 61.7 Å². The minimum atomic E-state index is -1.14. The van der Waals surface area contributed by atoms with Gasteiger partial charge >= 0.3 is 0 Å². The molecule has 142 valence electrons. The molecule has 0 saturated heterocycles. The van der Waals surface area contributed by atoms with Crippen LogP contribution in [-0.2, 0) is 28.4 Å². The van der Waals surface area contributed by atoms with E-state index < -0.39 is 10.8 Å². The average Bonchev–Trinajstić information content (AvgIpc) is 3.14. The number of carbonyl (C=O) groups excluding carboxylic acids is 1. The third kappa shape index (κ3) is 4.16. The molecule has 0 heterocycles. The van der Waals surface area contributed by atoms with E-state index in [4.69, 9.17) is 0 Å². The number of benzene rings is 2. The number of anilines is 1. The van der Waals surface area contributed by atoms with E-state index in [-0.39, 0.29) is 23.0 Å². The standard InChI is InChI=1S/C23H27NO2S/c25-23(17-27(26)22-15-18-9-7-8-10-19(18)16-22)24(20-11-3-1-4-12-20)21-13-5-2-6-14-21/h1,3-4,7-12,21-22H,2,5-6,13-17H2. The van der Waals surface area contributed by atoms with Gasteiger partial charge in [-0.3, -0.25) is 9.00 Å². The number of nitrogens with zero attached hydrogens (tertiary/aromatic N) is 1. The molecule has 27 heavy (non-hydrogen) atoms. The summed E-state index contributed by atoms with van der Waals surface area (Å²) < 4.78 is 13.0. The average molecular weight is 382 g/mol. The van der Waals surface area contributed by atoms with Gasteiger partial charge in [0, 0.05) is 27.8 Å². The van der Waals surface area contributed by atoms with Gasteiger partial charge < -0.3 is 4.90 Å². The van der Waals surface area contributed by atoms with Gasteiger partial charge in [-0.2, -0.15) is 0 Å². The van der Waals surface area contributed by atoms with Crippen molar-refractivity contribution in [1.82, 2.24) is 0 Å². The molecule has 1 atom stereocenters. The summed E-state index contributed by atoms with van der Waals surface area (Å²) in [6, 6.07) is 18.5. The highest BCUT2D eigenvalue weighted by atomic mass is 32.2. The topological polar surface area (TPSA) is 37.4 Å². The van der Waals surface area contributed by atoms with Crippen LogP contribution in [0.25, 0.3) is 0 Å². The van der Waals surface area contributed by atoms with Crippen LogP contribution in [0.2, 0.25) is 0 Å². The first-order valence-electron chi connectivity index (χ1n) is 10.0. The van der Waals surface area contributed by atoms with Crippen molar-refractivity contribution >= 4 is 22.4 Å². The second-order valence-corrected chi connectivity index (χ2v) is 9.43.